The second-order valence-electron chi connectivity index (χ2n) is 7.02. The number of aliphatic imine (C=N–C) groups is 1. The van der Waals surface area contributed by atoms with Crippen LogP contribution in [0.5, 0.6) is 5.75 Å². The van der Waals surface area contributed by atoms with Crippen molar-refractivity contribution < 1.29 is 9.90 Å². The van der Waals surface area contributed by atoms with E-state index in [0.29, 0.717) is 33.6 Å². The van der Waals surface area contributed by atoms with Gasteiger partial charge >= 0.3 is 0 Å². The molecule has 30 heavy (non-hydrogen) atoms. The summed E-state index contributed by atoms with van der Waals surface area (Å²) in [7, 11) is 0. The quantitative estimate of drug-likeness (QED) is 0.388. The van der Waals surface area contributed by atoms with Crippen molar-refractivity contribution in [2.45, 2.75) is 13.8 Å². The first-order valence-electron chi connectivity index (χ1n) is 9.56. The number of hydrogen-bond acceptors (Lipinski definition) is 4. The molecule has 0 bridgehead atoms. The minimum atomic E-state index is -0.348. The molecule has 0 spiro atoms. The van der Waals surface area contributed by atoms with E-state index in [1.165, 1.54) is 6.92 Å². The first-order chi connectivity index (χ1) is 14.5. The van der Waals surface area contributed by atoms with Gasteiger partial charge in [0, 0.05) is 16.6 Å². The van der Waals surface area contributed by atoms with Gasteiger partial charge in [-0.1, -0.05) is 30.3 Å². The van der Waals surface area contributed by atoms with E-state index in [4.69, 9.17) is 0 Å². The molecule has 1 aromatic heterocycles. The van der Waals surface area contributed by atoms with Gasteiger partial charge in [0.15, 0.2) is 5.78 Å². The summed E-state index contributed by atoms with van der Waals surface area (Å²) in [4.78, 5) is 29.5. The molecule has 0 radical (unpaired) electrons. The molecular weight excluding hydrogens is 376 g/mol. The fourth-order valence-electron chi connectivity index (χ4n) is 3.51. The van der Waals surface area contributed by atoms with Crippen LogP contribution in [0.3, 0.4) is 0 Å². The molecule has 0 saturated heterocycles. The maximum Gasteiger partial charge on any atom is 0.268 e. The largest absolute Gasteiger partial charge is 0.506 e. The van der Waals surface area contributed by atoms with Crippen LogP contribution in [0.2, 0.25) is 0 Å². The molecule has 0 fully saturated rings. The lowest BCUT2D eigenvalue weighted by Gasteiger charge is -2.15. The topological polar surface area (TPSA) is 71.7 Å². The second-order valence-corrected chi connectivity index (χ2v) is 7.02. The Morgan fingerprint density at radius 1 is 0.867 bits per heavy atom. The van der Waals surface area contributed by atoms with Gasteiger partial charge in [-0.15, -0.1) is 0 Å². The molecule has 0 unspecified atom stereocenters. The molecule has 5 heteroatoms. The number of aromatic nitrogens is 1. The van der Waals surface area contributed by atoms with E-state index < -0.39 is 0 Å². The van der Waals surface area contributed by atoms with Crippen molar-refractivity contribution in [2.75, 3.05) is 0 Å². The average Bonchev–Trinajstić information content (AvgIpc) is 2.75. The number of benzene rings is 3. The summed E-state index contributed by atoms with van der Waals surface area (Å²) in [5.41, 5.74) is 2.70. The molecule has 1 N–H and O–H groups in total. The molecule has 0 amide bonds. The van der Waals surface area contributed by atoms with Crippen molar-refractivity contribution in [1.82, 2.24) is 4.57 Å². The Balaban J connectivity index is 1.95. The third-order valence-electron chi connectivity index (χ3n) is 5.00. The minimum absolute atomic E-state index is 0.0276. The number of ketones is 1. The second kappa shape index (κ2) is 7.79. The summed E-state index contributed by atoms with van der Waals surface area (Å²) < 4.78 is 1.59. The standard InChI is InChI=1S/C25H20N2O3/c1-16(26-19-14-12-18(13-15-19)17(2)28)23-24(29)21-10-6-7-11-22(21)27(25(23)30)20-8-4-3-5-9-20/h3-15,29H,1-2H3. The lowest BCUT2D eigenvalue weighted by atomic mass is 10.1. The third-order valence-corrected chi connectivity index (χ3v) is 5.00. The number of aromatic hydroxyl groups is 1. The molecule has 4 aromatic rings. The molecule has 1 heterocycles. The lowest BCUT2D eigenvalue weighted by Crippen LogP contribution is -2.25. The van der Waals surface area contributed by atoms with Crippen LogP contribution in [0, 0.1) is 0 Å². The smallest absolute Gasteiger partial charge is 0.268 e. The minimum Gasteiger partial charge on any atom is -0.506 e. The summed E-state index contributed by atoms with van der Waals surface area (Å²) in [6.07, 6.45) is 0. The maximum absolute atomic E-state index is 13.5. The Labute approximate surface area is 173 Å². The van der Waals surface area contributed by atoms with Gasteiger partial charge in [0.25, 0.3) is 5.56 Å². The number of Topliss-reactive ketones (excluding diaryl/α,β-unsaturated/α-hetero) is 1. The van der Waals surface area contributed by atoms with Crippen LogP contribution >= 0.6 is 0 Å². The molecule has 0 aliphatic carbocycles. The monoisotopic (exact) mass is 396 g/mol. The maximum atomic E-state index is 13.5. The molecule has 0 aliphatic heterocycles. The van der Waals surface area contributed by atoms with Crippen LogP contribution in [0.15, 0.2) is 88.6 Å². The molecule has 3 aromatic carbocycles. The zero-order valence-electron chi connectivity index (χ0n) is 16.7. The van der Waals surface area contributed by atoms with E-state index in [-0.39, 0.29) is 22.7 Å². The van der Waals surface area contributed by atoms with Crippen molar-refractivity contribution >= 4 is 28.1 Å². The Morgan fingerprint density at radius 2 is 1.50 bits per heavy atom. The van der Waals surface area contributed by atoms with Crippen LogP contribution in [0.25, 0.3) is 16.6 Å². The number of nitrogens with zero attached hydrogens (tertiary/aromatic N) is 2. The molecular formula is C25H20N2O3. The van der Waals surface area contributed by atoms with Gasteiger partial charge in [-0.3, -0.25) is 19.1 Å². The highest BCUT2D eigenvalue weighted by Crippen LogP contribution is 2.29. The number of hydrogen-bond donors (Lipinski definition) is 1. The lowest BCUT2D eigenvalue weighted by molar-refractivity contribution is 0.101. The Bertz CT molecular complexity index is 1330. The summed E-state index contributed by atoms with van der Waals surface area (Å²) >= 11 is 0. The van der Waals surface area contributed by atoms with Crippen molar-refractivity contribution in [3.8, 4) is 11.4 Å². The molecule has 0 atom stereocenters. The summed E-state index contributed by atoms with van der Waals surface area (Å²) in [6.45, 7) is 3.20. The zero-order chi connectivity index (χ0) is 21.3. The number of carbonyl (C=O) groups is 1. The molecule has 5 nitrogen and oxygen atoms in total. The first-order valence-corrected chi connectivity index (χ1v) is 9.56. The molecule has 0 saturated carbocycles. The van der Waals surface area contributed by atoms with Gasteiger partial charge in [-0.2, -0.15) is 0 Å². The zero-order valence-corrected chi connectivity index (χ0v) is 16.7. The number of para-hydroxylation sites is 2. The average molecular weight is 396 g/mol. The normalized spacial score (nSPS) is 11.6. The number of fused-ring (bicyclic) bond motifs is 1. The van der Waals surface area contributed by atoms with Crippen LogP contribution in [0.4, 0.5) is 5.69 Å². The van der Waals surface area contributed by atoms with Crippen molar-refractivity contribution in [3.63, 3.8) is 0 Å². The number of pyridine rings is 1. The van der Waals surface area contributed by atoms with Crippen LogP contribution < -0.4 is 5.56 Å². The van der Waals surface area contributed by atoms with Gasteiger partial charge < -0.3 is 5.11 Å². The number of carbonyl (C=O) groups excluding carboxylic acids is 1. The highest BCUT2D eigenvalue weighted by atomic mass is 16.3. The fraction of sp³-hybridized carbons (Fsp3) is 0.0800. The highest BCUT2D eigenvalue weighted by Gasteiger charge is 2.19. The van der Waals surface area contributed by atoms with Gasteiger partial charge in [-0.25, -0.2) is 0 Å². The SMILES string of the molecule is CC(=O)c1ccc(N=C(C)c2c(O)c3ccccc3n(-c3ccccc3)c2=O)cc1. The van der Waals surface area contributed by atoms with E-state index in [9.17, 15) is 14.7 Å². The van der Waals surface area contributed by atoms with E-state index in [1.54, 1.807) is 47.9 Å². The van der Waals surface area contributed by atoms with Gasteiger partial charge in [0.2, 0.25) is 0 Å². The summed E-state index contributed by atoms with van der Waals surface area (Å²) in [5, 5.41) is 11.5. The van der Waals surface area contributed by atoms with Crippen molar-refractivity contribution in [2.24, 2.45) is 4.99 Å². The first kappa shape index (κ1) is 19.3. The molecule has 148 valence electrons. The highest BCUT2D eigenvalue weighted by molar-refractivity contribution is 6.06. The van der Waals surface area contributed by atoms with E-state index >= 15 is 0 Å². The molecule has 0 aliphatic rings. The third kappa shape index (κ3) is 3.42. The molecule has 4 rings (SSSR count). The fourth-order valence-corrected chi connectivity index (χ4v) is 3.51. The van der Waals surface area contributed by atoms with Gasteiger partial charge in [0.1, 0.15) is 11.3 Å². The van der Waals surface area contributed by atoms with Crippen LogP contribution in [-0.4, -0.2) is 21.2 Å². The van der Waals surface area contributed by atoms with Gasteiger partial charge in [-0.05, 0) is 62.4 Å². The van der Waals surface area contributed by atoms with E-state index in [2.05, 4.69) is 4.99 Å². The Hall–Kier alpha value is -3.99. The van der Waals surface area contributed by atoms with E-state index in [0.717, 1.165) is 0 Å². The van der Waals surface area contributed by atoms with E-state index in [1.807, 2.05) is 42.5 Å². The van der Waals surface area contributed by atoms with Crippen molar-refractivity contribution in [3.05, 3.63) is 100 Å². The predicted octanol–water partition coefficient (Wildman–Crippen LogP) is 5.04. The Kier molecular flexibility index (Phi) is 5.02. The van der Waals surface area contributed by atoms with Crippen LogP contribution in [0.1, 0.15) is 29.8 Å². The van der Waals surface area contributed by atoms with Crippen molar-refractivity contribution in [1.29, 1.82) is 0 Å². The Morgan fingerprint density at radius 3 is 2.17 bits per heavy atom. The van der Waals surface area contributed by atoms with Gasteiger partial charge in [0.05, 0.1) is 16.9 Å². The summed E-state index contributed by atoms with van der Waals surface area (Å²) in [5.74, 6) is -0.121. The predicted molar refractivity (Wildman–Crippen MR) is 120 cm³/mol. The summed E-state index contributed by atoms with van der Waals surface area (Å²) in [6, 6.07) is 23.4. The number of rotatable bonds is 4. The van der Waals surface area contributed by atoms with Crippen LogP contribution in [-0.2, 0) is 0 Å².